The van der Waals surface area contributed by atoms with E-state index in [9.17, 15) is 18.0 Å². The molecule has 13 heteroatoms. The number of carboxylic acid groups (broad SMARTS) is 1. The third kappa shape index (κ3) is 5.60. The first-order chi connectivity index (χ1) is 15.1. The fraction of sp³-hybridized carbons (Fsp3) is 0.316. The largest absolute Gasteiger partial charge is 0.490 e. The van der Waals surface area contributed by atoms with Gasteiger partial charge in [0.15, 0.2) is 0 Å². The maximum atomic E-state index is 12.5. The third-order valence-electron chi connectivity index (χ3n) is 4.49. The summed E-state index contributed by atoms with van der Waals surface area (Å²) in [6, 6.07) is 5.71. The van der Waals surface area contributed by atoms with E-state index in [0.29, 0.717) is 16.6 Å². The molecule has 32 heavy (non-hydrogen) atoms. The van der Waals surface area contributed by atoms with Crippen molar-refractivity contribution in [3.8, 4) is 5.69 Å². The van der Waals surface area contributed by atoms with Gasteiger partial charge >= 0.3 is 12.1 Å². The molecular formula is C19H19F3N6O3S. The van der Waals surface area contributed by atoms with E-state index in [1.54, 1.807) is 12.4 Å². The van der Waals surface area contributed by atoms with Crippen LogP contribution in [0.2, 0.25) is 0 Å². The number of rotatable bonds is 5. The van der Waals surface area contributed by atoms with Gasteiger partial charge in [0.05, 0.1) is 5.56 Å². The van der Waals surface area contributed by atoms with Crippen molar-refractivity contribution in [1.82, 2.24) is 25.2 Å². The van der Waals surface area contributed by atoms with Crippen LogP contribution in [0.25, 0.3) is 5.69 Å². The first-order valence-corrected chi connectivity index (χ1v) is 10.2. The molecule has 0 bridgehead atoms. The number of aromatic nitrogens is 4. The van der Waals surface area contributed by atoms with Crippen LogP contribution in [-0.2, 0) is 4.79 Å². The summed E-state index contributed by atoms with van der Waals surface area (Å²) < 4.78 is 33.8. The lowest BCUT2D eigenvalue weighted by Crippen LogP contribution is -2.29. The van der Waals surface area contributed by atoms with Crippen LogP contribution in [0.4, 0.5) is 18.3 Å². The minimum absolute atomic E-state index is 0.198. The van der Waals surface area contributed by atoms with Crippen LogP contribution in [0, 0.1) is 13.8 Å². The second kappa shape index (κ2) is 9.34. The van der Waals surface area contributed by atoms with Gasteiger partial charge in [0.2, 0.25) is 5.13 Å². The number of carbonyl (C=O) groups is 2. The number of alkyl halides is 3. The van der Waals surface area contributed by atoms with Crippen molar-refractivity contribution in [2.75, 3.05) is 5.43 Å². The summed E-state index contributed by atoms with van der Waals surface area (Å²) >= 11 is 1.49. The highest BCUT2D eigenvalue weighted by Gasteiger charge is 2.38. The van der Waals surface area contributed by atoms with Crippen molar-refractivity contribution in [2.45, 2.75) is 38.8 Å². The normalized spacial score (nSPS) is 13.2. The molecule has 3 N–H and O–H groups in total. The van der Waals surface area contributed by atoms with E-state index in [1.807, 2.05) is 36.6 Å². The van der Waals surface area contributed by atoms with Crippen molar-refractivity contribution in [1.29, 1.82) is 0 Å². The molecule has 1 aliphatic rings. The number of pyridine rings is 1. The van der Waals surface area contributed by atoms with Crippen molar-refractivity contribution in [3.63, 3.8) is 0 Å². The van der Waals surface area contributed by atoms with Gasteiger partial charge in [0.25, 0.3) is 5.91 Å². The molecule has 1 fully saturated rings. The molecule has 0 atom stereocenters. The lowest BCUT2D eigenvalue weighted by atomic mass is 10.2. The quantitative estimate of drug-likeness (QED) is 0.489. The van der Waals surface area contributed by atoms with E-state index in [0.717, 1.165) is 22.1 Å². The number of hydrazine groups is 1. The number of amides is 1. The van der Waals surface area contributed by atoms with Crippen molar-refractivity contribution < 1.29 is 27.9 Å². The Bertz CT molecular complexity index is 1110. The fourth-order valence-electron chi connectivity index (χ4n) is 2.84. The summed E-state index contributed by atoms with van der Waals surface area (Å²) in [5, 5.41) is 17.0. The van der Waals surface area contributed by atoms with Gasteiger partial charge in [0.1, 0.15) is 5.01 Å². The fourth-order valence-corrected chi connectivity index (χ4v) is 3.71. The number of aryl methyl sites for hydroxylation is 1. The molecule has 0 saturated heterocycles. The lowest BCUT2D eigenvalue weighted by molar-refractivity contribution is -0.192. The molecule has 3 aromatic heterocycles. The van der Waals surface area contributed by atoms with E-state index >= 15 is 0 Å². The van der Waals surface area contributed by atoms with E-state index < -0.39 is 12.1 Å². The van der Waals surface area contributed by atoms with Crippen molar-refractivity contribution in [3.05, 3.63) is 52.6 Å². The Labute approximate surface area is 184 Å². The van der Waals surface area contributed by atoms with Gasteiger partial charge in [-0.15, -0.1) is 10.2 Å². The highest BCUT2D eigenvalue weighted by Crippen LogP contribution is 2.41. The molecule has 4 rings (SSSR count). The highest BCUT2D eigenvalue weighted by molar-refractivity contribution is 7.15. The number of nitrogens with one attached hydrogen (secondary N) is 2. The summed E-state index contributed by atoms with van der Waals surface area (Å²) in [6.45, 7) is 3.91. The maximum Gasteiger partial charge on any atom is 0.490 e. The minimum Gasteiger partial charge on any atom is -0.475 e. The predicted octanol–water partition coefficient (Wildman–Crippen LogP) is 3.61. The van der Waals surface area contributed by atoms with Gasteiger partial charge in [-0.1, -0.05) is 11.3 Å². The van der Waals surface area contributed by atoms with E-state index in [2.05, 4.69) is 26.0 Å². The average Bonchev–Trinajstić information content (AvgIpc) is 3.40. The van der Waals surface area contributed by atoms with Crippen LogP contribution < -0.4 is 10.9 Å². The van der Waals surface area contributed by atoms with Gasteiger partial charge in [-0.3, -0.25) is 20.6 Å². The zero-order valence-electron chi connectivity index (χ0n) is 17.0. The van der Waals surface area contributed by atoms with Crippen molar-refractivity contribution >= 4 is 28.3 Å². The van der Waals surface area contributed by atoms with Crippen LogP contribution in [-0.4, -0.2) is 42.9 Å². The van der Waals surface area contributed by atoms with Gasteiger partial charge in [-0.25, -0.2) is 4.79 Å². The van der Waals surface area contributed by atoms with Crippen LogP contribution in [0.1, 0.15) is 45.5 Å². The summed E-state index contributed by atoms with van der Waals surface area (Å²) in [5.41, 5.74) is 9.04. The van der Waals surface area contributed by atoms with E-state index in [1.165, 1.54) is 24.2 Å². The molecule has 1 saturated carbocycles. The second-order valence-electron chi connectivity index (χ2n) is 6.93. The van der Waals surface area contributed by atoms with Gasteiger partial charge in [-0.05, 0) is 44.9 Å². The highest BCUT2D eigenvalue weighted by atomic mass is 32.1. The molecule has 0 aliphatic heterocycles. The summed E-state index contributed by atoms with van der Waals surface area (Å²) in [7, 11) is 0. The smallest absolute Gasteiger partial charge is 0.475 e. The molecule has 0 unspecified atom stereocenters. The number of carbonyl (C=O) groups excluding carboxylic acids is 1. The number of anilines is 1. The molecular weight excluding hydrogens is 449 g/mol. The first-order valence-electron chi connectivity index (χ1n) is 9.37. The molecule has 0 aromatic carbocycles. The lowest BCUT2D eigenvalue weighted by Gasteiger charge is -2.09. The summed E-state index contributed by atoms with van der Waals surface area (Å²) in [5.74, 6) is -2.40. The Morgan fingerprint density at radius 3 is 2.38 bits per heavy atom. The van der Waals surface area contributed by atoms with Crippen LogP contribution >= 0.6 is 11.3 Å². The van der Waals surface area contributed by atoms with Crippen LogP contribution in [0.15, 0.2) is 30.6 Å². The summed E-state index contributed by atoms with van der Waals surface area (Å²) in [4.78, 5) is 25.5. The van der Waals surface area contributed by atoms with E-state index in [4.69, 9.17) is 9.90 Å². The molecule has 0 radical (unpaired) electrons. The summed E-state index contributed by atoms with van der Waals surface area (Å²) in [6.07, 6.45) is 0.759. The standard InChI is InChI=1S/C17H18N6OS.C2HF3O2/c1-10-9-14(11(2)23(10)13-5-7-18-8-6-13)15(24)19-21-17-22-20-16(25-17)12-3-4-12;3-2(4,5)1(6)7/h5-9,12H,3-4H2,1-2H3,(H,19,24)(H,21,22);(H,6,7). The molecule has 3 heterocycles. The zero-order chi connectivity index (χ0) is 23.5. The molecule has 170 valence electrons. The Hall–Kier alpha value is -3.48. The van der Waals surface area contributed by atoms with E-state index in [-0.39, 0.29) is 5.91 Å². The molecule has 3 aromatic rings. The monoisotopic (exact) mass is 468 g/mol. The predicted molar refractivity (Wildman–Crippen MR) is 110 cm³/mol. The topological polar surface area (TPSA) is 122 Å². The van der Waals surface area contributed by atoms with Crippen LogP contribution in [0.3, 0.4) is 0 Å². The van der Waals surface area contributed by atoms with Crippen LogP contribution in [0.5, 0.6) is 0 Å². The Morgan fingerprint density at radius 1 is 1.19 bits per heavy atom. The number of nitrogens with zero attached hydrogens (tertiary/aromatic N) is 4. The first kappa shape index (κ1) is 23.2. The second-order valence-corrected chi connectivity index (χ2v) is 7.94. The Morgan fingerprint density at radius 2 is 1.81 bits per heavy atom. The zero-order valence-corrected chi connectivity index (χ0v) is 17.8. The van der Waals surface area contributed by atoms with Crippen molar-refractivity contribution in [2.24, 2.45) is 0 Å². The number of carboxylic acids is 1. The molecule has 0 spiro atoms. The SMILES string of the molecule is Cc1cc(C(=O)NNc2nnc(C3CC3)s2)c(C)n1-c1ccncc1.O=C(O)C(F)(F)F. The maximum absolute atomic E-state index is 12.5. The van der Waals surface area contributed by atoms with Gasteiger partial charge < -0.3 is 9.67 Å². The Balaban J connectivity index is 0.000000360. The number of hydrogen-bond donors (Lipinski definition) is 3. The molecule has 1 amide bonds. The van der Waals surface area contributed by atoms with Gasteiger partial charge in [-0.2, -0.15) is 13.2 Å². The number of aliphatic carboxylic acids is 1. The third-order valence-corrected chi connectivity index (χ3v) is 5.49. The average molecular weight is 468 g/mol. The number of hydrogen-bond acceptors (Lipinski definition) is 7. The van der Waals surface area contributed by atoms with Gasteiger partial charge in [0, 0.05) is 35.4 Å². The molecule has 1 aliphatic carbocycles. The Kier molecular flexibility index (Phi) is 6.77. The number of halogens is 3. The minimum atomic E-state index is -5.08. The molecule has 9 nitrogen and oxygen atoms in total.